The van der Waals surface area contributed by atoms with Crippen LogP contribution in [0, 0.1) is 6.92 Å². The van der Waals surface area contributed by atoms with Crippen molar-refractivity contribution < 1.29 is 4.42 Å². The predicted molar refractivity (Wildman–Crippen MR) is 79.4 cm³/mol. The number of furan rings is 1. The number of aryl methyl sites for hydroxylation is 1. The fraction of sp³-hybridized carbons (Fsp3) is 0.250. The van der Waals surface area contributed by atoms with Crippen LogP contribution in [0.2, 0.25) is 0 Å². The molecule has 102 valence electrons. The van der Waals surface area contributed by atoms with E-state index in [2.05, 4.69) is 22.2 Å². The molecular formula is C16H17N3O. The summed E-state index contributed by atoms with van der Waals surface area (Å²) in [5.41, 5.74) is 3.77. The highest BCUT2D eigenvalue weighted by atomic mass is 16.3. The Balaban J connectivity index is 2.07. The predicted octanol–water partition coefficient (Wildman–Crippen LogP) is 3.31. The first kappa shape index (κ1) is 12.8. The number of rotatable bonds is 4. The van der Waals surface area contributed by atoms with E-state index in [9.17, 15) is 0 Å². The molecular weight excluding hydrogens is 250 g/mol. The fourth-order valence-corrected chi connectivity index (χ4v) is 2.25. The van der Waals surface area contributed by atoms with E-state index >= 15 is 0 Å². The molecule has 0 aliphatic rings. The van der Waals surface area contributed by atoms with Gasteiger partial charge in [-0.25, -0.2) is 9.97 Å². The van der Waals surface area contributed by atoms with E-state index < -0.39 is 0 Å². The van der Waals surface area contributed by atoms with Crippen LogP contribution in [0.4, 0.5) is 0 Å². The Kier molecular flexibility index (Phi) is 3.48. The zero-order chi connectivity index (χ0) is 13.9. The van der Waals surface area contributed by atoms with Crippen LogP contribution >= 0.6 is 0 Å². The zero-order valence-corrected chi connectivity index (χ0v) is 11.7. The standard InChI is InChI=1S/C16H17N3O/c1-3-17-9-12-8-11(2)18-16(19-12)14-10-20-15-7-5-4-6-13(14)15/h4-8,10,17H,3,9H2,1-2H3. The molecule has 0 bridgehead atoms. The van der Waals surface area contributed by atoms with Gasteiger partial charge in [-0.3, -0.25) is 0 Å². The van der Waals surface area contributed by atoms with E-state index in [1.54, 1.807) is 6.26 Å². The molecule has 2 aromatic heterocycles. The van der Waals surface area contributed by atoms with Crippen molar-refractivity contribution in [1.29, 1.82) is 0 Å². The van der Waals surface area contributed by atoms with Gasteiger partial charge < -0.3 is 9.73 Å². The minimum atomic E-state index is 0.725. The summed E-state index contributed by atoms with van der Waals surface area (Å²) < 4.78 is 5.57. The van der Waals surface area contributed by atoms with Crippen molar-refractivity contribution in [1.82, 2.24) is 15.3 Å². The van der Waals surface area contributed by atoms with Gasteiger partial charge >= 0.3 is 0 Å². The van der Waals surface area contributed by atoms with Crippen molar-refractivity contribution in [3.63, 3.8) is 0 Å². The highest BCUT2D eigenvalue weighted by molar-refractivity contribution is 5.91. The van der Waals surface area contributed by atoms with Gasteiger partial charge in [0.1, 0.15) is 11.8 Å². The molecule has 0 aliphatic carbocycles. The summed E-state index contributed by atoms with van der Waals surface area (Å²) >= 11 is 0. The largest absolute Gasteiger partial charge is 0.464 e. The van der Waals surface area contributed by atoms with Crippen LogP contribution in [0.1, 0.15) is 18.3 Å². The summed E-state index contributed by atoms with van der Waals surface area (Å²) in [5, 5.41) is 4.34. The molecule has 20 heavy (non-hydrogen) atoms. The summed E-state index contributed by atoms with van der Waals surface area (Å²) in [7, 11) is 0. The second-order valence-corrected chi connectivity index (χ2v) is 4.75. The quantitative estimate of drug-likeness (QED) is 0.788. The lowest BCUT2D eigenvalue weighted by Crippen LogP contribution is -2.13. The number of hydrogen-bond donors (Lipinski definition) is 1. The van der Waals surface area contributed by atoms with Gasteiger partial charge in [0.25, 0.3) is 0 Å². The molecule has 0 aliphatic heterocycles. The average molecular weight is 267 g/mol. The first-order valence-electron chi connectivity index (χ1n) is 6.80. The Morgan fingerprint density at radius 1 is 1.20 bits per heavy atom. The number of benzene rings is 1. The van der Waals surface area contributed by atoms with Crippen molar-refractivity contribution >= 4 is 11.0 Å². The Labute approximate surface area is 117 Å². The van der Waals surface area contributed by atoms with E-state index in [0.717, 1.165) is 46.8 Å². The molecule has 0 unspecified atom stereocenters. The zero-order valence-electron chi connectivity index (χ0n) is 11.7. The van der Waals surface area contributed by atoms with Crippen molar-refractivity contribution in [3.8, 4) is 11.4 Å². The molecule has 2 heterocycles. The van der Waals surface area contributed by atoms with E-state index in [0.29, 0.717) is 0 Å². The third kappa shape index (κ3) is 2.42. The second-order valence-electron chi connectivity index (χ2n) is 4.75. The third-order valence-corrected chi connectivity index (χ3v) is 3.19. The Hall–Kier alpha value is -2.20. The van der Waals surface area contributed by atoms with Crippen LogP contribution in [0.25, 0.3) is 22.4 Å². The lowest BCUT2D eigenvalue weighted by molar-refractivity contribution is 0.616. The van der Waals surface area contributed by atoms with Gasteiger partial charge in [-0.05, 0) is 25.6 Å². The molecule has 0 radical (unpaired) electrons. The van der Waals surface area contributed by atoms with Crippen LogP contribution in [-0.2, 0) is 6.54 Å². The highest BCUT2D eigenvalue weighted by Crippen LogP contribution is 2.28. The van der Waals surface area contributed by atoms with Gasteiger partial charge in [0.05, 0.1) is 11.3 Å². The summed E-state index contributed by atoms with van der Waals surface area (Å²) in [4.78, 5) is 9.17. The van der Waals surface area contributed by atoms with E-state index in [1.165, 1.54) is 0 Å². The summed E-state index contributed by atoms with van der Waals surface area (Å²) in [6.45, 7) is 5.75. The molecule has 1 aromatic carbocycles. The third-order valence-electron chi connectivity index (χ3n) is 3.19. The monoisotopic (exact) mass is 267 g/mol. The normalized spacial score (nSPS) is 11.1. The Morgan fingerprint density at radius 2 is 2.05 bits per heavy atom. The van der Waals surface area contributed by atoms with Crippen LogP contribution in [0.15, 0.2) is 41.0 Å². The van der Waals surface area contributed by atoms with E-state index in [-0.39, 0.29) is 0 Å². The van der Waals surface area contributed by atoms with Crippen LogP contribution in [-0.4, -0.2) is 16.5 Å². The van der Waals surface area contributed by atoms with Crippen LogP contribution < -0.4 is 5.32 Å². The van der Waals surface area contributed by atoms with Crippen LogP contribution in [0.3, 0.4) is 0 Å². The highest BCUT2D eigenvalue weighted by Gasteiger charge is 2.11. The molecule has 0 saturated carbocycles. The Bertz CT molecular complexity index is 733. The summed E-state index contributed by atoms with van der Waals surface area (Å²) in [5.74, 6) is 0.725. The molecule has 3 rings (SSSR count). The van der Waals surface area contributed by atoms with Crippen molar-refractivity contribution in [2.24, 2.45) is 0 Å². The number of hydrogen-bond acceptors (Lipinski definition) is 4. The van der Waals surface area contributed by atoms with Gasteiger partial charge in [-0.2, -0.15) is 0 Å². The molecule has 0 spiro atoms. The lowest BCUT2D eigenvalue weighted by Gasteiger charge is -2.05. The molecule has 3 aromatic rings. The van der Waals surface area contributed by atoms with Gasteiger partial charge in [-0.1, -0.05) is 25.1 Å². The van der Waals surface area contributed by atoms with Gasteiger partial charge in [-0.15, -0.1) is 0 Å². The second kappa shape index (κ2) is 5.43. The molecule has 4 heteroatoms. The fourth-order valence-electron chi connectivity index (χ4n) is 2.25. The first-order chi connectivity index (χ1) is 9.78. The number of fused-ring (bicyclic) bond motifs is 1. The molecule has 0 atom stereocenters. The van der Waals surface area contributed by atoms with Gasteiger partial charge in [0.15, 0.2) is 5.82 Å². The lowest BCUT2D eigenvalue weighted by atomic mass is 10.1. The van der Waals surface area contributed by atoms with E-state index in [4.69, 9.17) is 4.42 Å². The minimum absolute atomic E-state index is 0.725. The van der Waals surface area contributed by atoms with Crippen molar-refractivity contribution in [2.45, 2.75) is 20.4 Å². The molecule has 0 fully saturated rings. The maximum atomic E-state index is 5.57. The molecule has 0 saturated heterocycles. The average Bonchev–Trinajstić information content (AvgIpc) is 2.88. The van der Waals surface area contributed by atoms with E-state index in [1.807, 2.05) is 37.3 Å². The van der Waals surface area contributed by atoms with Crippen molar-refractivity contribution in [2.75, 3.05) is 6.54 Å². The number of para-hydroxylation sites is 1. The minimum Gasteiger partial charge on any atom is -0.464 e. The topological polar surface area (TPSA) is 51.0 Å². The number of nitrogens with zero attached hydrogens (tertiary/aromatic N) is 2. The van der Waals surface area contributed by atoms with Gasteiger partial charge in [0, 0.05) is 17.6 Å². The van der Waals surface area contributed by atoms with Crippen LogP contribution in [0.5, 0.6) is 0 Å². The summed E-state index contributed by atoms with van der Waals surface area (Å²) in [6.07, 6.45) is 1.73. The smallest absolute Gasteiger partial charge is 0.163 e. The summed E-state index contributed by atoms with van der Waals surface area (Å²) in [6, 6.07) is 9.95. The SMILES string of the molecule is CCNCc1cc(C)nc(-c2coc3ccccc23)n1. The maximum absolute atomic E-state index is 5.57. The molecule has 4 nitrogen and oxygen atoms in total. The number of nitrogens with one attached hydrogen (secondary N) is 1. The van der Waals surface area contributed by atoms with Crippen molar-refractivity contribution in [3.05, 3.63) is 48.0 Å². The molecule has 0 amide bonds. The first-order valence-corrected chi connectivity index (χ1v) is 6.80. The van der Waals surface area contributed by atoms with Gasteiger partial charge in [0.2, 0.25) is 0 Å². The number of aromatic nitrogens is 2. The molecule has 1 N–H and O–H groups in total. The Morgan fingerprint density at radius 3 is 2.90 bits per heavy atom. The maximum Gasteiger partial charge on any atom is 0.163 e.